The number of carbonyl (C=O) groups is 1. The summed E-state index contributed by atoms with van der Waals surface area (Å²) >= 11 is 1.59. The van der Waals surface area contributed by atoms with Crippen molar-refractivity contribution in [2.45, 2.75) is 6.54 Å². The summed E-state index contributed by atoms with van der Waals surface area (Å²) in [6, 6.07) is 19.8. The Morgan fingerprint density at radius 3 is 2.70 bits per heavy atom. The zero-order valence-corrected chi connectivity index (χ0v) is 15.5. The topological polar surface area (TPSA) is 33.2 Å². The third-order valence-electron chi connectivity index (χ3n) is 4.38. The molecule has 0 radical (unpaired) electrons. The highest BCUT2D eigenvalue weighted by molar-refractivity contribution is 7.13. The number of thiophene rings is 1. The van der Waals surface area contributed by atoms with Gasteiger partial charge in [0, 0.05) is 19.0 Å². The molecule has 2 heterocycles. The molecule has 0 fully saturated rings. The van der Waals surface area contributed by atoms with Crippen LogP contribution in [0.15, 0.2) is 72.1 Å². The Labute approximate surface area is 160 Å². The maximum Gasteiger partial charge on any atom is 0.254 e. The SMILES string of the molecule is CN(Cc1cccc(F)c1)C(=O)c1cc(-c2cccs2)nc2ccccc12. The van der Waals surface area contributed by atoms with Crippen LogP contribution in [0.2, 0.25) is 0 Å². The maximum absolute atomic E-state index is 13.4. The lowest BCUT2D eigenvalue weighted by molar-refractivity contribution is 0.0787. The summed E-state index contributed by atoms with van der Waals surface area (Å²) in [5, 5.41) is 2.80. The number of pyridine rings is 1. The summed E-state index contributed by atoms with van der Waals surface area (Å²) in [4.78, 5) is 20.5. The molecule has 0 aliphatic heterocycles. The molecule has 27 heavy (non-hydrogen) atoms. The molecule has 0 atom stereocenters. The lowest BCUT2D eigenvalue weighted by Gasteiger charge is -2.19. The van der Waals surface area contributed by atoms with Crippen LogP contribution in [-0.4, -0.2) is 22.8 Å². The van der Waals surface area contributed by atoms with Crippen LogP contribution in [0.1, 0.15) is 15.9 Å². The first-order chi connectivity index (χ1) is 13.1. The van der Waals surface area contributed by atoms with Crippen molar-refractivity contribution in [3.05, 3.63) is 89.1 Å². The van der Waals surface area contributed by atoms with Gasteiger partial charge in [0.25, 0.3) is 5.91 Å². The van der Waals surface area contributed by atoms with E-state index >= 15 is 0 Å². The fraction of sp³-hybridized carbons (Fsp3) is 0.0909. The predicted octanol–water partition coefficient (Wildman–Crippen LogP) is 5.37. The molecule has 4 aromatic rings. The summed E-state index contributed by atoms with van der Waals surface area (Å²) in [6.45, 7) is 0.335. The molecule has 0 N–H and O–H groups in total. The smallest absolute Gasteiger partial charge is 0.254 e. The largest absolute Gasteiger partial charge is 0.337 e. The van der Waals surface area contributed by atoms with Gasteiger partial charge in [0.2, 0.25) is 0 Å². The molecule has 0 saturated heterocycles. The molecule has 0 spiro atoms. The first kappa shape index (κ1) is 17.4. The number of aromatic nitrogens is 1. The minimum absolute atomic E-state index is 0.115. The summed E-state index contributed by atoms with van der Waals surface area (Å²) in [7, 11) is 1.73. The lowest BCUT2D eigenvalue weighted by atomic mass is 10.1. The number of para-hydroxylation sites is 1. The van der Waals surface area contributed by atoms with Crippen molar-refractivity contribution in [1.29, 1.82) is 0 Å². The quantitative estimate of drug-likeness (QED) is 0.479. The summed E-state index contributed by atoms with van der Waals surface area (Å²) in [5.41, 5.74) is 2.92. The molecular weight excluding hydrogens is 359 g/mol. The molecule has 0 bridgehead atoms. The average molecular weight is 376 g/mol. The van der Waals surface area contributed by atoms with Crippen molar-refractivity contribution in [2.75, 3.05) is 7.05 Å². The van der Waals surface area contributed by atoms with Gasteiger partial charge >= 0.3 is 0 Å². The average Bonchev–Trinajstić information content (AvgIpc) is 3.21. The van der Waals surface area contributed by atoms with Gasteiger partial charge in [-0.25, -0.2) is 9.37 Å². The van der Waals surface area contributed by atoms with Gasteiger partial charge in [-0.2, -0.15) is 0 Å². The van der Waals surface area contributed by atoms with Crippen LogP contribution in [0.3, 0.4) is 0 Å². The zero-order valence-electron chi connectivity index (χ0n) is 14.7. The molecular formula is C22H17FN2OS. The normalized spacial score (nSPS) is 10.9. The fourth-order valence-electron chi connectivity index (χ4n) is 3.09. The Kier molecular flexibility index (Phi) is 4.69. The molecule has 4 rings (SSSR count). The molecule has 5 heteroatoms. The summed E-state index contributed by atoms with van der Waals surface area (Å²) < 4.78 is 13.4. The molecule has 0 aliphatic carbocycles. The summed E-state index contributed by atoms with van der Waals surface area (Å²) in [6.07, 6.45) is 0. The van der Waals surface area contributed by atoms with E-state index < -0.39 is 0 Å². The Bertz CT molecular complexity index is 1110. The molecule has 0 unspecified atom stereocenters. The fourth-order valence-corrected chi connectivity index (χ4v) is 3.78. The highest BCUT2D eigenvalue weighted by Crippen LogP contribution is 2.28. The van der Waals surface area contributed by atoms with Crippen LogP contribution in [0.25, 0.3) is 21.5 Å². The number of carbonyl (C=O) groups excluding carboxylic acids is 1. The second kappa shape index (κ2) is 7.29. The standard InChI is InChI=1S/C22H17FN2OS/c1-25(14-15-6-4-7-16(23)12-15)22(26)18-13-20(21-10-5-11-27-21)24-19-9-3-2-8-17(18)19/h2-13H,14H2,1H3. The molecule has 2 aromatic heterocycles. The van der Waals surface area contributed by atoms with Crippen molar-refractivity contribution in [3.8, 4) is 10.6 Å². The number of nitrogens with zero attached hydrogens (tertiary/aromatic N) is 2. The number of halogens is 1. The lowest BCUT2D eigenvalue weighted by Crippen LogP contribution is -2.26. The van der Waals surface area contributed by atoms with E-state index in [2.05, 4.69) is 0 Å². The molecule has 0 aliphatic rings. The molecule has 1 amide bonds. The van der Waals surface area contributed by atoms with Gasteiger partial charge in [-0.1, -0.05) is 36.4 Å². The van der Waals surface area contributed by atoms with Crippen LogP contribution in [0.4, 0.5) is 4.39 Å². The van der Waals surface area contributed by atoms with Gasteiger partial charge in [-0.05, 0) is 41.3 Å². The zero-order chi connectivity index (χ0) is 18.8. The monoisotopic (exact) mass is 376 g/mol. The summed E-state index contributed by atoms with van der Waals surface area (Å²) in [5.74, 6) is -0.418. The molecule has 2 aromatic carbocycles. The van der Waals surface area contributed by atoms with E-state index in [0.717, 1.165) is 27.0 Å². The van der Waals surface area contributed by atoms with E-state index in [9.17, 15) is 9.18 Å². The Morgan fingerprint density at radius 2 is 1.93 bits per heavy atom. The minimum Gasteiger partial charge on any atom is -0.337 e. The van der Waals surface area contributed by atoms with Crippen molar-refractivity contribution in [2.24, 2.45) is 0 Å². The van der Waals surface area contributed by atoms with E-state index in [1.807, 2.05) is 53.9 Å². The third kappa shape index (κ3) is 3.59. The molecule has 0 saturated carbocycles. The van der Waals surface area contributed by atoms with Gasteiger partial charge in [-0.15, -0.1) is 11.3 Å². The van der Waals surface area contributed by atoms with E-state index in [1.165, 1.54) is 12.1 Å². The number of benzene rings is 2. The second-order valence-corrected chi connectivity index (χ2v) is 7.29. The first-order valence-corrected chi connectivity index (χ1v) is 9.43. The number of hydrogen-bond donors (Lipinski definition) is 0. The van der Waals surface area contributed by atoms with Crippen LogP contribution < -0.4 is 0 Å². The Hall–Kier alpha value is -3.05. The van der Waals surface area contributed by atoms with E-state index in [-0.39, 0.29) is 11.7 Å². The minimum atomic E-state index is -0.303. The van der Waals surface area contributed by atoms with Gasteiger partial charge in [0.05, 0.1) is 21.7 Å². The van der Waals surface area contributed by atoms with E-state index in [0.29, 0.717) is 12.1 Å². The van der Waals surface area contributed by atoms with Crippen LogP contribution in [-0.2, 0) is 6.54 Å². The highest BCUT2D eigenvalue weighted by atomic mass is 32.1. The number of hydrogen-bond acceptors (Lipinski definition) is 3. The van der Waals surface area contributed by atoms with E-state index in [4.69, 9.17) is 4.98 Å². The highest BCUT2D eigenvalue weighted by Gasteiger charge is 2.18. The Morgan fingerprint density at radius 1 is 1.07 bits per heavy atom. The maximum atomic E-state index is 13.4. The number of rotatable bonds is 4. The van der Waals surface area contributed by atoms with Crippen molar-refractivity contribution in [1.82, 2.24) is 9.88 Å². The van der Waals surface area contributed by atoms with Crippen molar-refractivity contribution >= 4 is 28.1 Å². The third-order valence-corrected chi connectivity index (χ3v) is 5.27. The van der Waals surface area contributed by atoms with Crippen molar-refractivity contribution in [3.63, 3.8) is 0 Å². The van der Waals surface area contributed by atoms with Gasteiger partial charge < -0.3 is 4.90 Å². The van der Waals surface area contributed by atoms with Crippen LogP contribution in [0, 0.1) is 5.82 Å². The second-order valence-electron chi connectivity index (χ2n) is 6.34. The van der Waals surface area contributed by atoms with Crippen LogP contribution in [0.5, 0.6) is 0 Å². The first-order valence-electron chi connectivity index (χ1n) is 8.55. The van der Waals surface area contributed by atoms with E-state index in [1.54, 1.807) is 29.4 Å². The van der Waals surface area contributed by atoms with Gasteiger partial charge in [0.1, 0.15) is 5.82 Å². The number of fused-ring (bicyclic) bond motifs is 1. The van der Waals surface area contributed by atoms with Gasteiger partial charge in [0.15, 0.2) is 0 Å². The molecule has 134 valence electrons. The molecule has 3 nitrogen and oxygen atoms in total. The van der Waals surface area contributed by atoms with Gasteiger partial charge in [-0.3, -0.25) is 4.79 Å². The number of amides is 1. The van der Waals surface area contributed by atoms with Crippen molar-refractivity contribution < 1.29 is 9.18 Å². The van der Waals surface area contributed by atoms with Crippen LogP contribution >= 0.6 is 11.3 Å². The Balaban J connectivity index is 1.74. The predicted molar refractivity (Wildman–Crippen MR) is 107 cm³/mol.